The average Bonchev–Trinajstić information content (AvgIpc) is 2.31. The van der Waals surface area contributed by atoms with Crippen LogP contribution in [0.25, 0.3) is 0 Å². The van der Waals surface area contributed by atoms with E-state index >= 15 is 0 Å². The van der Waals surface area contributed by atoms with Gasteiger partial charge in [-0.2, -0.15) is 0 Å². The zero-order valence-corrected chi connectivity index (χ0v) is 7.32. The highest BCUT2D eigenvalue weighted by Gasteiger charge is 2.19. The van der Waals surface area contributed by atoms with Crippen LogP contribution in [0.15, 0.2) is 23.1 Å². The van der Waals surface area contributed by atoms with Crippen LogP contribution < -0.4 is 5.73 Å². The summed E-state index contributed by atoms with van der Waals surface area (Å²) in [5, 5.41) is 0.703. The molecule has 1 aliphatic heterocycles. The van der Waals surface area contributed by atoms with Gasteiger partial charge in [0, 0.05) is 15.8 Å². The Bertz CT molecular complexity index is 283. The molecule has 2 heteroatoms. The molecular formula is C9H11NS. The van der Waals surface area contributed by atoms with Crippen molar-refractivity contribution in [1.82, 2.24) is 0 Å². The second-order valence-corrected chi connectivity index (χ2v) is 4.42. The fourth-order valence-electron chi connectivity index (χ4n) is 1.46. The van der Waals surface area contributed by atoms with Crippen molar-refractivity contribution < 1.29 is 0 Å². The Morgan fingerprint density at radius 1 is 1.55 bits per heavy atom. The normalized spacial score (nSPS) is 21.7. The highest BCUT2D eigenvalue weighted by Crippen LogP contribution is 2.40. The van der Waals surface area contributed by atoms with Gasteiger partial charge in [0.15, 0.2) is 0 Å². The molecule has 0 amide bonds. The van der Waals surface area contributed by atoms with E-state index in [1.54, 1.807) is 0 Å². The van der Waals surface area contributed by atoms with Gasteiger partial charge in [0.25, 0.3) is 0 Å². The van der Waals surface area contributed by atoms with Crippen molar-refractivity contribution in [1.29, 1.82) is 0 Å². The van der Waals surface area contributed by atoms with E-state index in [-0.39, 0.29) is 0 Å². The van der Waals surface area contributed by atoms with Gasteiger partial charge < -0.3 is 5.73 Å². The van der Waals surface area contributed by atoms with E-state index in [9.17, 15) is 0 Å². The van der Waals surface area contributed by atoms with E-state index in [1.165, 1.54) is 16.9 Å². The van der Waals surface area contributed by atoms with Crippen molar-refractivity contribution in [3.05, 3.63) is 23.8 Å². The number of anilines is 1. The van der Waals surface area contributed by atoms with Gasteiger partial charge in [0.05, 0.1) is 0 Å². The van der Waals surface area contributed by atoms with Gasteiger partial charge in [0.1, 0.15) is 0 Å². The number of thioether (sulfide) groups is 1. The Hall–Kier alpha value is -0.630. The Morgan fingerprint density at radius 3 is 3.09 bits per heavy atom. The molecule has 0 saturated carbocycles. The monoisotopic (exact) mass is 165 g/mol. The lowest BCUT2D eigenvalue weighted by Crippen LogP contribution is -1.90. The molecule has 0 radical (unpaired) electrons. The molecule has 11 heavy (non-hydrogen) atoms. The molecule has 1 unspecified atom stereocenters. The number of benzene rings is 1. The molecule has 1 aliphatic rings. The fraction of sp³-hybridized carbons (Fsp3) is 0.333. The van der Waals surface area contributed by atoms with E-state index < -0.39 is 0 Å². The number of nitrogens with two attached hydrogens (primary N) is 1. The maximum atomic E-state index is 5.81. The zero-order valence-electron chi connectivity index (χ0n) is 6.50. The molecule has 2 rings (SSSR count). The molecule has 0 saturated heterocycles. The van der Waals surface area contributed by atoms with Crippen molar-refractivity contribution in [3.63, 3.8) is 0 Å². The Labute approximate surface area is 71.0 Å². The summed E-state index contributed by atoms with van der Waals surface area (Å²) >= 11 is 1.89. The van der Waals surface area contributed by atoms with Crippen molar-refractivity contribution in [2.45, 2.75) is 23.5 Å². The molecule has 0 spiro atoms. The molecule has 0 aliphatic carbocycles. The lowest BCUT2D eigenvalue weighted by Gasteiger charge is -2.00. The first-order chi connectivity index (χ1) is 5.27. The average molecular weight is 165 g/mol. The van der Waals surface area contributed by atoms with Gasteiger partial charge in [-0.25, -0.2) is 0 Å². The summed E-state index contributed by atoms with van der Waals surface area (Å²) in [6, 6.07) is 6.18. The first-order valence-corrected chi connectivity index (χ1v) is 4.69. The minimum absolute atomic E-state index is 0.703. The van der Waals surface area contributed by atoms with Crippen molar-refractivity contribution >= 4 is 17.4 Å². The summed E-state index contributed by atoms with van der Waals surface area (Å²) in [6.07, 6.45) is 1.17. The third-order valence-electron chi connectivity index (χ3n) is 1.95. The first-order valence-electron chi connectivity index (χ1n) is 3.81. The van der Waals surface area contributed by atoms with Gasteiger partial charge in [-0.3, -0.25) is 0 Å². The predicted molar refractivity (Wildman–Crippen MR) is 49.9 cm³/mol. The van der Waals surface area contributed by atoms with Crippen LogP contribution in [0.2, 0.25) is 0 Å². The summed E-state index contributed by atoms with van der Waals surface area (Å²) in [7, 11) is 0. The molecule has 0 bridgehead atoms. The van der Waals surface area contributed by atoms with E-state index in [2.05, 4.69) is 13.0 Å². The Balaban J connectivity index is 2.49. The smallest absolute Gasteiger partial charge is 0.0455 e. The van der Waals surface area contributed by atoms with Gasteiger partial charge in [-0.1, -0.05) is 19.1 Å². The van der Waals surface area contributed by atoms with E-state index in [4.69, 9.17) is 5.73 Å². The largest absolute Gasteiger partial charge is 0.398 e. The molecule has 1 atom stereocenters. The van der Waals surface area contributed by atoms with Crippen molar-refractivity contribution in [2.24, 2.45) is 0 Å². The first kappa shape index (κ1) is 7.04. The van der Waals surface area contributed by atoms with E-state index in [0.29, 0.717) is 5.25 Å². The lowest BCUT2D eigenvalue weighted by atomic mass is 10.1. The molecule has 58 valence electrons. The maximum absolute atomic E-state index is 5.81. The van der Waals surface area contributed by atoms with Crippen LogP contribution in [0.5, 0.6) is 0 Å². The number of nitrogen functional groups attached to an aromatic ring is 1. The highest BCUT2D eigenvalue weighted by atomic mass is 32.2. The van der Waals surface area contributed by atoms with Gasteiger partial charge in [0.2, 0.25) is 0 Å². The lowest BCUT2D eigenvalue weighted by molar-refractivity contribution is 0.961. The van der Waals surface area contributed by atoms with Crippen LogP contribution in [-0.2, 0) is 6.42 Å². The highest BCUT2D eigenvalue weighted by molar-refractivity contribution is 8.00. The summed E-state index contributed by atoms with van der Waals surface area (Å²) in [6.45, 7) is 2.24. The van der Waals surface area contributed by atoms with Crippen molar-refractivity contribution in [3.8, 4) is 0 Å². The number of hydrogen-bond donors (Lipinski definition) is 1. The second kappa shape index (κ2) is 2.45. The third-order valence-corrected chi connectivity index (χ3v) is 3.26. The molecule has 0 aromatic heterocycles. The minimum atomic E-state index is 0.703. The van der Waals surface area contributed by atoms with Gasteiger partial charge >= 0.3 is 0 Å². The quantitative estimate of drug-likeness (QED) is 0.597. The fourth-order valence-corrected chi connectivity index (χ4v) is 2.63. The van der Waals surface area contributed by atoms with Crippen LogP contribution >= 0.6 is 11.8 Å². The van der Waals surface area contributed by atoms with E-state index in [0.717, 1.165) is 5.69 Å². The summed E-state index contributed by atoms with van der Waals surface area (Å²) in [4.78, 5) is 1.31. The standard InChI is InChI=1S/C9H11NS/c1-6-5-7-3-2-4-8(10)9(7)11-6/h2-4,6H,5,10H2,1H3. The number of hydrogen-bond acceptors (Lipinski definition) is 2. The molecule has 0 fully saturated rings. The Kier molecular flexibility index (Phi) is 1.57. The van der Waals surface area contributed by atoms with E-state index in [1.807, 2.05) is 23.9 Å². The summed E-state index contributed by atoms with van der Waals surface area (Å²) < 4.78 is 0. The Morgan fingerprint density at radius 2 is 2.36 bits per heavy atom. The predicted octanol–water partition coefficient (Wildman–Crippen LogP) is 2.31. The number of rotatable bonds is 0. The van der Waals surface area contributed by atoms with Crippen LogP contribution in [0.3, 0.4) is 0 Å². The third kappa shape index (κ3) is 1.11. The molecular weight excluding hydrogens is 154 g/mol. The summed E-state index contributed by atoms with van der Waals surface area (Å²) in [5.74, 6) is 0. The minimum Gasteiger partial charge on any atom is -0.398 e. The maximum Gasteiger partial charge on any atom is 0.0455 e. The summed E-state index contributed by atoms with van der Waals surface area (Å²) in [5.41, 5.74) is 8.17. The zero-order chi connectivity index (χ0) is 7.84. The molecule has 1 aromatic rings. The van der Waals surface area contributed by atoms with Crippen LogP contribution in [0, 0.1) is 0 Å². The second-order valence-electron chi connectivity index (χ2n) is 2.97. The van der Waals surface area contributed by atoms with Crippen LogP contribution in [-0.4, -0.2) is 5.25 Å². The van der Waals surface area contributed by atoms with Crippen LogP contribution in [0.1, 0.15) is 12.5 Å². The molecule has 1 aromatic carbocycles. The van der Waals surface area contributed by atoms with Gasteiger partial charge in [-0.15, -0.1) is 11.8 Å². The molecule has 1 heterocycles. The van der Waals surface area contributed by atoms with Crippen molar-refractivity contribution in [2.75, 3.05) is 5.73 Å². The number of fused-ring (bicyclic) bond motifs is 1. The molecule has 1 nitrogen and oxygen atoms in total. The SMILES string of the molecule is CC1Cc2cccc(N)c2S1. The van der Waals surface area contributed by atoms with Crippen LogP contribution in [0.4, 0.5) is 5.69 Å². The van der Waals surface area contributed by atoms with Gasteiger partial charge in [-0.05, 0) is 18.1 Å². The molecule has 2 N–H and O–H groups in total. The topological polar surface area (TPSA) is 26.0 Å².